The van der Waals surface area contributed by atoms with Crippen LogP contribution in [0.1, 0.15) is 40.5 Å². The molecule has 0 aromatic heterocycles. The highest BCUT2D eigenvalue weighted by Crippen LogP contribution is 2.15. The average molecular weight is 340 g/mol. The van der Waals surface area contributed by atoms with E-state index in [0.717, 1.165) is 25.9 Å². The maximum atomic E-state index is 12.6. The molecule has 7 heteroatoms. The largest absolute Gasteiger partial charge is 0.373 e. The number of morpholine rings is 1. The molecule has 2 fully saturated rings. The van der Waals surface area contributed by atoms with Gasteiger partial charge in [-0.25, -0.2) is 4.79 Å². The zero-order valence-electron chi connectivity index (χ0n) is 15.4. The molecule has 138 valence electrons. The number of nitrogens with zero attached hydrogens (tertiary/aromatic N) is 2. The molecule has 0 bridgehead atoms. The Hall–Kier alpha value is -1.34. The van der Waals surface area contributed by atoms with Crippen LogP contribution in [0.2, 0.25) is 0 Å². The van der Waals surface area contributed by atoms with Gasteiger partial charge >= 0.3 is 6.03 Å². The second-order valence-electron chi connectivity index (χ2n) is 6.99. The van der Waals surface area contributed by atoms with Crippen LogP contribution in [0.25, 0.3) is 0 Å². The van der Waals surface area contributed by atoms with Crippen molar-refractivity contribution >= 4 is 11.9 Å². The van der Waals surface area contributed by atoms with Gasteiger partial charge in [0.15, 0.2) is 0 Å². The van der Waals surface area contributed by atoms with E-state index >= 15 is 0 Å². The summed E-state index contributed by atoms with van der Waals surface area (Å²) >= 11 is 0. The Labute approximate surface area is 145 Å². The Balaban J connectivity index is 1.77. The van der Waals surface area contributed by atoms with Gasteiger partial charge in [0, 0.05) is 38.8 Å². The summed E-state index contributed by atoms with van der Waals surface area (Å²) in [6, 6.07) is -0.00586. The van der Waals surface area contributed by atoms with Crippen LogP contribution in [0.15, 0.2) is 0 Å². The normalized spacial score (nSPS) is 27.6. The van der Waals surface area contributed by atoms with E-state index in [2.05, 4.69) is 15.5 Å². The standard InChI is InChI=1S/C17H32N4O3/c1-5-18-17(23)20-8-6-15(7-9-20)19-16(22)14(4)21-10-12(2)24-13(3)11-21/h12-15H,5-11H2,1-4H3,(H,18,23)(H,19,22)/t12-,13+,14?. The van der Waals surface area contributed by atoms with E-state index in [4.69, 9.17) is 4.74 Å². The molecule has 0 aliphatic carbocycles. The van der Waals surface area contributed by atoms with Crippen molar-refractivity contribution in [1.29, 1.82) is 0 Å². The van der Waals surface area contributed by atoms with Crippen LogP contribution in [-0.4, -0.2) is 78.8 Å². The summed E-state index contributed by atoms with van der Waals surface area (Å²) in [5.74, 6) is 0.0766. The van der Waals surface area contributed by atoms with Crippen LogP contribution in [0, 0.1) is 0 Å². The zero-order chi connectivity index (χ0) is 17.7. The number of rotatable bonds is 4. The van der Waals surface area contributed by atoms with E-state index in [1.165, 1.54) is 0 Å². The highest BCUT2D eigenvalue weighted by molar-refractivity contribution is 5.81. The molecular formula is C17H32N4O3. The van der Waals surface area contributed by atoms with Crippen molar-refractivity contribution in [3.05, 3.63) is 0 Å². The van der Waals surface area contributed by atoms with Gasteiger partial charge < -0.3 is 20.3 Å². The maximum Gasteiger partial charge on any atom is 0.317 e. The third-order valence-electron chi connectivity index (χ3n) is 4.83. The van der Waals surface area contributed by atoms with E-state index in [9.17, 15) is 9.59 Å². The summed E-state index contributed by atoms with van der Waals surface area (Å²) in [7, 11) is 0. The summed E-state index contributed by atoms with van der Waals surface area (Å²) in [5, 5.41) is 5.98. The molecule has 2 N–H and O–H groups in total. The van der Waals surface area contributed by atoms with Crippen molar-refractivity contribution in [2.75, 3.05) is 32.7 Å². The quantitative estimate of drug-likeness (QED) is 0.794. The van der Waals surface area contributed by atoms with Gasteiger partial charge in [-0.15, -0.1) is 0 Å². The molecular weight excluding hydrogens is 308 g/mol. The Kier molecular flexibility index (Phi) is 6.86. The summed E-state index contributed by atoms with van der Waals surface area (Å²) in [4.78, 5) is 28.4. The molecule has 24 heavy (non-hydrogen) atoms. The number of piperidine rings is 1. The molecule has 7 nitrogen and oxygen atoms in total. The zero-order valence-corrected chi connectivity index (χ0v) is 15.4. The number of nitrogens with one attached hydrogen (secondary N) is 2. The number of amides is 3. The highest BCUT2D eigenvalue weighted by atomic mass is 16.5. The van der Waals surface area contributed by atoms with Gasteiger partial charge in [0.2, 0.25) is 5.91 Å². The van der Waals surface area contributed by atoms with Gasteiger partial charge in [0.1, 0.15) is 0 Å². The molecule has 0 aromatic rings. The Bertz CT molecular complexity index is 428. The monoisotopic (exact) mass is 340 g/mol. The van der Waals surface area contributed by atoms with E-state index in [-0.39, 0.29) is 36.2 Å². The van der Waals surface area contributed by atoms with Crippen LogP contribution in [-0.2, 0) is 9.53 Å². The van der Waals surface area contributed by atoms with Crippen LogP contribution in [0.3, 0.4) is 0 Å². The van der Waals surface area contributed by atoms with E-state index in [1.54, 1.807) is 0 Å². The Morgan fingerprint density at radius 2 is 1.75 bits per heavy atom. The summed E-state index contributed by atoms with van der Waals surface area (Å²) in [6.45, 7) is 11.6. The molecule has 2 aliphatic rings. The lowest BCUT2D eigenvalue weighted by Crippen LogP contribution is -2.56. The van der Waals surface area contributed by atoms with Crippen molar-refractivity contribution in [2.45, 2.75) is 64.8 Å². The van der Waals surface area contributed by atoms with Crippen molar-refractivity contribution in [2.24, 2.45) is 0 Å². The molecule has 0 saturated carbocycles. The lowest BCUT2D eigenvalue weighted by atomic mass is 10.0. The number of carbonyl (C=O) groups is 2. The molecule has 2 heterocycles. The molecule has 2 rings (SSSR count). The third-order valence-corrected chi connectivity index (χ3v) is 4.83. The second-order valence-corrected chi connectivity index (χ2v) is 6.99. The first-order valence-corrected chi connectivity index (χ1v) is 9.13. The molecule has 1 unspecified atom stereocenters. The molecule has 0 aromatic carbocycles. The SMILES string of the molecule is CCNC(=O)N1CCC(NC(=O)C(C)N2C[C@@H](C)O[C@@H](C)C2)CC1. The summed E-state index contributed by atoms with van der Waals surface area (Å²) in [6.07, 6.45) is 1.94. The van der Waals surface area contributed by atoms with Crippen molar-refractivity contribution in [3.63, 3.8) is 0 Å². The first-order chi connectivity index (χ1) is 11.4. The van der Waals surface area contributed by atoms with Gasteiger partial charge in [-0.05, 0) is 40.5 Å². The topological polar surface area (TPSA) is 73.9 Å². The molecule has 3 atom stereocenters. The second kappa shape index (κ2) is 8.67. The van der Waals surface area contributed by atoms with Crippen LogP contribution >= 0.6 is 0 Å². The molecule has 2 saturated heterocycles. The van der Waals surface area contributed by atoms with E-state index in [0.29, 0.717) is 19.6 Å². The molecule has 0 spiro atoms. The van der Waals surface area contributed by atoms with Gasteiger partial charge in [0.05, 0.1) is 18.2 Å². The smallest absolute Gasteiger partial charge is 0.317 e. The van der Waals surface area contributed by atoms with Crippen molar-refractivity contribution in [3.8, 4) is 0 Å². The van der Waals surface area contributed by atoms with Gasteiger partial charge in [0.25, 0.3) is 0 Å². The number of hydrogen-bond donors (Lipinski definition) is 2. The predicted octanol–water partition coefficient (Wildman–Crippen LogP) is 0.794. The van der Waals surface area contributed by atoms with E-state index in [1.807, 2.05) is 32.6 Å². The lowest BCUT2D eigenvalue weighted by Gasteiger charge is -2.39. The molecule has 3 amide bonds. The molecule has 2 aliphatic heterocycles. The Morgan fingerprint density at radius 3 is 2.29 bits per heavy atom. The number of urea groups is 1. The van der Waals surface area contributed by atoms with Crippen LogP contribution in [0.4, 0.5) is 4.79 Å². The summed E-state index contributed by atoms with van der Waals surface area (Å²) < 4.78 is 5.73. The highest BCUT2D eigenvalue weighted by Gasteiger charge is 2.31. The number of likely N-dealkylation sites (tertiary alicyclic amines) is 1. The van der Waals surface area contributed by atoms with Crippen LogP contribution < -0.4 is 10.6 Å². The van der Waals surface area contributed by atoms with Gasteiger partial charge in [-0.2, -0.15) is 0 Å². The maximum absolute atomic E-state index is 12.6. The minimum Gasteiger partial charge on any atom is -0.373 e. The number of ether oxygens (including phenoxy) is 1. The van der Waals surface area contributed by atoms with Gasteiger partial charge in [-0.3, -0.25) is 9.69 Å². The third kappa shape index (κ3) is 5.08. The molecule has 0 radical (unpaired) electrons. The fraction of sp³-hybridized carbons (Fsp3) is 0.882. The predicted molar refractivity (Wildman–Crippen MR) is 92.9 cm³/mol. The fourth-order valence-corrected chi connectivity index (χ4v) is 3.51. The fourth-order valence-electron chi connectivity index (χ4n) is 3.51. The summed E-state index contributed by atoms with van der Waals surface area (Å²) in [5.41, 5.74) is 0. The van der Waals surface area contributed by atoms with Crippen LogP contribution in [0.5, 0.6) is 0 Å². The first-order valence-electron chi connectivity index (χ1n) is 9.13. The van der Waals surface area contributed by atoms with E-state index < -0.39 is 0 Å². The number of hydrogen-bond acceptors (Lipinski definition) is 4. The van der Waals surface area contributed by atoms with Crippen molar-refractivity contribution < 1.29 is 14.3 Å². The number of carbonyl (C=O) groups excluding carboxylic acids is 2. The lowest BCUT2D eigenvalue weighted by molar-refractivity contribution is -0.132. The van der Waals surface area contributed by atoms with Gasteiger partial charge in [-0.1, -0.05) is 0 Å². The average Bonchev–Trinajstić information content (AvgIpc) is 2.54. The Morgan fingerprint density at radius 1 is 1.17 bits per heavy atom. The van der Waals surface area contributed by atoms with Crippen molar-refractivity contribution in [1.82, 2.24) is 20.4 Å². The minimum absolute atomic E-state index is 0.00747. The first kappa shape index (κ1) is 19.0. The minimum atomic E-state index is -0.153.